The molecule has 0 aliphatic carbocycles. The van der Waals surface area contributed by atoms with Gasteiger partial charge in [0.15, 0.2) is 0 Å². The summed E-state index contributed by atoms with van der Waals surface area (Å²) in [5.74, 6) is -0.494. The largest absolute Gasteiger partial charge is 0.481 e. The average molecular weight is 372 g/mol. The van der Waals surface area contributed by atoms with E-state index >= 15 is 0 Å². The minimum Gasteiger partial charge on any atom is -0.481 e. The van der Waals surface area contributed by atoms with Crippen LogP contribution in [0.5, 0.6) is 0 Å². The smallest absolute Gasteiger partial charge is 0.303 e. The Hall–Kier alpha value is -2.37. The van der Waals surface area contributed by atoms with Gasteiger partial charge in [-0.1, -0.05) is 29.8 Å². The Morgan fingerprint density at radius 3 is 2.63 bits per heavy atom. The third-order valence-corrected chi connectivity index (χ3v) is 5.68. The molecule has 2 aliphatic rings. The first-order chi connectivity index (χ1) is 12.9. The Labute approximate surface area is 160 Å². The van der Waals surface area contributed by atoms with Crippen LogP contribution in [0.15, 0.2) is 24.3 Å². The van der Waals surface area contributed by atoms with Crippen molar-refractivity contribution in [2.75, 3.05) is 13.1 Å². The predicted octanol–water partition coefficient (Wildman–Crippen LogP) is 2.59. The SMILES string of the molecule is Cc1ccc(CN2C(=O)CC[C@H]2C(=O)N2CCC[C@H](CCC(=O)O)C2)cc1. The van der Waals surface area contributed by atoms with Crippen molar-refractivity contribution in [1.82, 2.24) is 9.80 Å². The summed E-state index contributed by atoms with van der Waals surface area (Å²) < 4.78 is 0. The van der Waals surface area contributed by atoms with Crippen LogP contribution in [0.4, 0.5) is 0 Å². The fourth-order valence-electron chi connectivity index (χ4n) is 4.12. The molecule has 0 saturated carbocycles. The lowest BCUT2D eigenvalue weighted by molar-refractivity contribution is -0.143. The lowest BCUT2D eigenvalue weighted by Gasteiger charge is -2.36. The van der Waals surface area contributed by atoms with E-state index in [1.54, 1.807) is 4.90 Å². The number of carbonyl (C=O) groups is 3. The first kappa shape index (κ1) is 19.4. The zero-order valence-electron chi connectivity index (χ0n) is 15.9. The molecule has 2 aliphatic heterocycles. The third kappa shape index (κ3) is 4.87. The molecule has 27 heavy (non-hydrogen) atoms. The maximum atomic E-state index is 13.1. The molecule has 6 nitrogen and oxygen atoms in total. The number of carboxylic acids is 1. The van der Waals surface area contributed by atoms with Gasteiger partial charge >= 0.3 is 5.97 Å². The van der Waals surface area contributed by atoms with Crippen LogP contribution >= 0.6 is 0 Å². The maximum absolute atomic E-state index is 13.1. The molecule has 2 saturated heterocycles. The topological polar surface area (TPSA) is 77.9 Å². The van der Waals surface area contributed by atoms with Crippen LogP contribution < -0.4 is 0 Å². The molecule has 0 unspecified atom stereocenters. The summed E-state index contributed by atoms with van der Waals surface area (Å²) >= 11 is 0. The van der Waals surface area contributed by atoms with E-state index in [9.17, 15) is 14.4 Å². The number of carboxylic acid groups (broad SMARTS) is 1. The van der Waals surface area contributed by atoms with Crippen molar-refractivity contribution in [3.05, 3.63) is 35.4 Å². The van der Waals surface area contributed by atoms with Crippen molar-refractivity contribution in [2.45, 2.75) is 58.0 Å². The van der Waals surface area contributed by atoms with Crippen molar-refractivity contribution in [3.63, 3.8) is 0 Å². The summed E-state index contributed by atoms with van der Waals surface area (Å²) in [5.41, 5.74) is 2.20. The predicted molar refractivity (Wildman–Crippen MR) is 101 cm³/mol. The zero-order valence-corrected chi connectivity index (χ0v) is 15.9. The van der Waals surface area contributed by atoms with Crippen molar-refractivity contribution in [2.24, 2.45) is 5.92 Å². The van der Waals surface area contributed by atoms with Gasteiger partial charge in [0.2, 0.25) is 11.8 Å². The number of aryl methyl sites for hydroxylation is 1. The molecule has 2 amide bonds. The lowest BCUT2D eigenvalue weighted by Crippen LogP contribution is -2.49. The zero-order chi connectivity index (χ0) is 19.4. The molecule has 3 rings (SSSR count). The van der Waals surface area contributed by atoms with Crippen LogP contribution in [0.2, 0.25) is 0 Å². The van der Waals surface area contributed by atoms with E-state index in [2.05, 4.69) is 0 Å². The van der Waals surface area contributed by atoms with E-state index in [0.717, 1.165) is 18.4 Å². The summed E-state index contributed by atoms with van der Waals surface area (Å²) in [6, 6.07) is 7.66. The molecular formula is C21H28N2O4. The van der Waals surface area contributed by atoms with Crippen molar-refractivity contribution >= 4 is 17.8 Å². The molecule has 1 aromatic rings. The fraction of sp³-hybridized carbons (Fsp3) is 0.571. The Morgan fingerprint density at radius 1 is 1.19 bits per heavy atom. The van der Waals surface area contributed by atoms with E-state index in [1.807, 2.05) is 36.1 Å². The highest BCUT2D eigenvalue weighted by Crippen LogP contribution is 2.27. The van der Waals surface area contributed by atoms with Gasteiger partial charge < -0.3 is 14.9 Å². The summed E-state index contributed by atoms with van der Waals surface area (Å²) in [7, 11) is 0. The van der Waals surface area contributed by atoms with Gasteiger partial charge in [-0.25, -0.2) is 0 Å². The molecule has 2 heterocycles. The monoisotopic (exact) mass is 372 g/mol. The highest BCUT2D eigenvalue weighted by Gasteiger charge is 2.39. The first-order valence-corrected chi connectivity index (χ1v) is 9.79. The number of benzene rings is 1. The minimum atomic E-state index is -0.788. The van der Waals surface area contributed by atoms with Crippen molar-refractivity contribution < 1.29 is 19.5 Å². The number of hydrogen-bond acceptors (Lipinski definition) is 3. The second-order valence-electron chi connectivity index (χ2n) is 7.79. The number of piperidine rings is 1. The Morgan fingerprint density at radius 2 is 1.93 bits per heavy atom. The Kier molecular flexibility index (Phi) is 6.14. The Bertz CT molecular complexity index is 701. The van der Waals surface area contributed by atoms with Crippen LogP contribution in [0.1, 0.15) is 49.7 Å². The average Bonchev–Trinajstić information content (AvgIpc) is 3.02. The minimum absolute atomic E-state index is 0.0213. The Balaban J connectivity index is 1.64. The quantitative estimate of drug-likeness (QED) is 0.833. The standard InChI is InChI=1S/C21H28N2O4/c1-15-4-6-17(7-5-15)14-23-18(9-10-19(23)24)21(27)22-12-2-3-16(13-22)8-11-20(25)26/h4-7,16,18H,2-3,8-14H2,1H3,(H,25,26)/t16-,18+/m1/s1. The number of aliphatic carboxylic acids is 1. The van der Waals surface area contributed by atoms with Gasteiger partial charge in [0, 0.05) is 32.5 Å². The van der Waals surface area contributed by atoms with Crippen LogP contribution in [-0.2, 0) is 20.9 Å². The number of hydrogen-bond donors (Lipinski definition) is 1. The molecule has 1 N–H and O–H groups in total. The molecule has 146 valence electrons. The molecule has 6 heteroatoms. The highest BCUT2D eigenvalue weighted by atomic mass is 16.4. The third-order valence-electron chi connectivity index (χ3n) is 5.68. The molecule has 0 radical (unpaired) electrons. The summed E-state index contributed by atoms with van der Waals surface area (Å²) in [6.07, 6.45) is 3.60. The summed E-state index contributed by atoms with van der Waals surface area (Å²) in [5, 5.41) is 8.89. The van der Waals surface area contributed by atoms with Gasteiger partial charge in [-0.3, -0.25) is 14.4 Å². The van der Waals surface area contributed by atoms with Crippen LogP contribution in [-0.4, -0.2) is 51.8 Å². The molecule has 2 atom stereocenters. The molecule has 1 aromatic carbocycles. The highest BCUT2D eigenvalue weighted by molar-refractivity contribution is 5.91. The fourth-order valence-corrected chi connectivity index (χ4v) is 4.12. The number of nitrogens with zero attached hydrogens (tertiary/aromatic N) is 2. The molecule has 2 fully saturated rings. The van der Waals surface area contributed by atoms with Gasteiger partial charge in [0.25, 0.3) is 0 Å². The van der Waals surface area contributed by atoms with E-state index in [0.29, 0.717) is 38.9 Å². The number of likely N-dealkylation sites (tertiary alicyclic amines) is 2. The normalized spacial score (nSPS) is 22.9. The van der Waals surface area contributed by atoms with Crippen molar-refractivity contribution in [1.29, 1.82) is 0 Å². The summed E-state index contributed by atoms with van der Waals surface area (Å²) in [4.78, 5) is 39.9. The second kappa shape index (κ2) is 8.55. The number of carbonyl (C=O) groups excluding carboxylic acids is 2. The molecule has 0 spiro atoms. The van der Waals surface area contributed by atoms with Crippen LogP contribution in [0.3, 0.4) is 0 Å². The molecule has 0 bridgehead atoms. The van der Waals surface area contributed by atoms with E-state index in [-0.39, 0.29) is 24.2 Å². The van der Waals surface area contributed by atoms with Gasteiger partial charge in [0.05, 0.1) is 0 Å². The molecular weight excluding hydrogens is 344 g/mol. The number of rotatable bonds is 6. The second-order valence-corrected chi connectivity index (χ2v) is 7.79. The van der Waals surface area contributed by atoms with Gasteiger partial charge in [-0.2, -0.15) is 0 Å². The van der Waals surface area contributed by atoms with Crippen LogP contribution in [0.25, 0.3) is 0 Å². The van der Waals surface area contributed by atoms with Gasteiger partial charge in [0.1, 0.15) is 6.04 Å². The van der Waals surface area contributed by atoms with E-state index in [1.165, 1.54) is 5.56 Å². The summed E-state index contributed by atoms with van der Waals surface area (Å²) in [6.45, 7) is 3.79. The lowest BCUT2D eigenvalue weighted by atomic mass is 9.93. The van der Waals surface area contributed by atoms with Crippen molar-refractivity contribution in [3.8, 4) is 0 Å². The molecule has 0 aromatic heterocycles. The first-order valence-electron chi connectivity index (χ1n) is 9.79. The van der Waals surface area contributed by atoms with Gasteiger partial charge in [-0.05, 0) is 44.1 Å². The van der Waals surface area contributed by atoms with E-state index in [4.69, 9.17) is 5.11 Å². The van der Waals surface area contributed by atoms with E-state index < -0.39 is 12.0 Å². The van der Waals surface area contributed by atoms with Crippen LogP contribution in [0, 0.1) is 12.8 Å². The maximum Gasteiger partial charge on any atom is 0.303 e. The van der Waals surface area contributed by atoms with Gasteiger partial charge in [-0.15, -0.1) is 0 Å². The number of amides is 2.